The molecule has 3 aromatic rings. The fourth-order valence-electron chi connectivity index (χ4n) is 4.20. The number of carbonyl (C=O) groups is 1. The van der Waals surface area contributed by atoms with E-state index in [0.29, 0.717) is 12.2 Å². The van der Waals surface area contributed by atoms with E-state index in [1.54, 1.807) is 6.20 Å². The third kappa shape index (κ3) is 2.92. The molecular formula is C21H22N4OS. The average Bonchev–Trinajstić information content (AvgIpc) is 3.08. The van der Waals surface area contributed by atoms with Crippen molar-refractivity contribution in [1.82, 2.24) is 15.0 Å². The molecule has 0 aromatic carbocycles. The first-order valence-electron chi connectivity index (χ1n) is 9.71. The van der Waals surface area contributed by atoms with Crippen LogP contribution >= 0.6 is 11.3 Å². The van der Waals surface area contributed by atoms with E-state index in [0.717, 1.165) is 48.0 Å². The van der Waals surface area contributed by atoms with E-state index in [2.05, 4.69) is 9.88 Å². The fraction of sp³-hybridized carbons (Fsp3) is 0.429. The van der Waals surface area contributed by atoms with E-state index in [1.807, 2.05) is 36.6 Å². The van der Waals surface area contributed by atoms with Crippen LogP contribution < -0.4 is 4.90 Å². The molecule has 6 heteroatoms. The maximum absolute atomic E-state index is 12.0. The van der Waals surface area contributed by atoms with E-state index < -0.39 is 0 Å². The molecule has 1 saturated heterocycles. The first kappa shape index (κ1) is 16.8. The van der Waals surface area contributed by atoms with Crippen molar-refractivity contribution >= 4 is 33.2 Å². The lowest BCUT2D eigenvalue weighted by Gasteiger charge is -2.32. The van der Waals surface area contributed by atoms with Gasteiger partial charge in [-0.1, -0.05) is 6.92 Å². The second kappa shape index (κ2) is 6.68. The number of pyridine rings is 1. The van der Waals surface area contributed by atoms with Crippen molar-refractivity contribution in [3.8, 4) is 11.4 Å². The van der Waals surface area contributed by atoms with Gasteiger partial charge in [0.1, 0.15) is 16.4 Å². The Morgan fingerprint density at radius 2 is 2.07 bits per heavy atom. The van der Waals surface area contributed by atoms with Crippen LogP contribution in [0.5, 0.6) is 0 Å². The molecule has 0 amide bonds. The molecule has 1 fully saturated rings. The van der Waals surface area contributed by atoms with Gasteiger partial charge in [-0.2, -0.15) is 0 Å². The summed E-state index contributed by atoms with van der Waals surface area (Å²) >= 11 is 1.82. The van der Waals surface area contributed by atoms with Gasteiger partial charge in [0.25, 0.3) is 0 Å². The van der Waals surface area contributed by atoms with Gasteiger partial charge in [0.15, 0.2) is 5.82 Å². The Bertz CT molecular complexity index is 1010. The summed E-state index contributed by atoms with van der Waals surface area (Å²) in [7, 11) is 0. The van der Waals surface area contributed by atoms with E-state index >= 15 is 0 Å². The number of thiophene rings is 1. The smallest absolute Gasteiger partial charge is 0.164 e. The number of hydrogen-bond acceptors (Lipinski definition) is 6. The SMILES string of the molecule is CC1CN(c2nc(-c3cccnc3)nc3sc4c(c23)CCCC4)CCC1=O. The molecule has 1 aliphatic carbocycles. The molecule has 3 aromatic heterocycles. The normalized spacial score (nSPS) is 20.1. The largest absolute Gasteiger partial charge is 0.355 e. The highest BCUT2D eigenvalue weighted by molar-refractivity contribution is 7.19. The monoisotopic (exact) mass is 378 g/mol. The number of fused-ring (bicyclic) bond motifs is 3. The van der Waals surface area contributed by atoms with Gasteiger partial charge >= 0.3 is 0 Å². The molecule has 0 radical (unpaired) electrons. The lowest BCUT2D eigenvalue weighted by atomic mass is 9.95. The topological polar surface area (TPSA) is 59.0 Å². The van der Waals surface area contributed by atoms with Crippen molar-refractivity contribution in [2.75, 3.05) is 18.0 Å². The molecule has 0 spiro atoms. The Morgan fingerprint density at radius 1 is 1.19 bits per heavy atom. The second-order valence-corrected chi connectivity index (χ2v) is 8.65. The van der Waals surface area contributed by atoms with Crippen LogP contribution in [0.2, 0.25) is 0 Å². The van der Waals surface area contributed by atoms with Gasteiger partial charge in [0.05, 0.1) is 5.39 Å². The molecule has 0 N–H and O–H groups in total. The summed E-state index contributed by atoms with van der Waals surface area (Å²) in [4.78, 5) is 31.0. The number of anilines is 1. The van der Waals surface area contributed by atoms with E-state index in [9.17, 15) is 4.79 Å². The van der Waals surface area contributed by atoms with Crippen molar-refractivity contribution in [3.05, 3.63) is 35.0 Å². The number of hydrogen-bond donors (Lipinski definition) is 0. The van der Waals surface area contributed by atoms with Crippen LogP contribution in [0.4, 0.5) is 5.82 Å². The molecule has 0 bridgehead atoms. The number of carbonyl (C=O) groups excluding carboxylic acids is 1. The summed E-state index contributed by atoms with van der Waals surface area (Å²) in [6.45, 7) is 3.51. The van der Waals surface area contributed by atoms with Crippen LogP contribution in [0.25, 0.3) is 21.6 Å². The zero-order valence-corrected chi connectivity index (χ0v) is 16.3. The van der Waals surface area contributed by atoms with E-state index in [-0.39, 0.29) is 5.92 Å². The van der Waals surface area contributed by atoms with E-state index in [1.165, 1.54) is 28.7 Å². The number of rotatable bonds is 2. The van der Waals surface area contributed by atoms with Crippen LogP contribution in [0, 0.1) is 5.92 Å². The van der Waals surface area contributed by atoms with Crippen LogP contribution in [0.1, 0.15) is 36.6 Å². The van der Waals surface area contributed by atoms with Crippen molar-refractivity contribution in [2.24, 2.45) is 5.92 Å². The molecule has 1 aliphatic heterocycles. The summed E-state index contributed by atoms with van der Waals surface area (Å²) in [5.74, 6) is 2.16. The van der Waals surface area contributed by atoms with Crippen LogP contribution in [-0.2, 0) is 17.6 Å². The van der Waals surface area contributed by atoms with Crippen molar-refractivity contribution in [1.29, 1.82) is 0 Å². The third-order valence-electron chi connectivity index (χ3n) is 5.69. The molecule has 0 saturated carbocycles. The highest BCUT2D eigenvalue weighted by Gasteiger charge is 2.29. The Hall–Kier alpha value is -2.34. The molecule has 5 rings (SSSR count). The number of Topliss-reactive ketones (excluding diaryl/α,β-unsaturated/α-hetero) is 1. The Morgan fingerprint density at radius 3 is 2.89 bits per heavy atom. The van der Waals surface area contributed by atoms with Gasteiger partial charge in [0.2, 0.25) is 0 Å². The minimum absolute atomic E-state index is 0.0556. The molecule has 138 valence electrons. The maximum atomic E-state index is 12.0. The first-order chi connectivity index (χ1) is 13.2. The van der Waals surface area contributed by atoms with Crippen LogP contribution in [-0.4, -0.2) is 33.8 Å². The van der Waals surface area contributed by atoms with Gasteiger partial charge < -0.3 is 4.90 Å². The Balaban J connectivity index is 1.70. The van der Waals surface area contributed by atoms with Gasteiger partial charge in [-0.3, -0.25) is 9.78 Å². The van der Waals surface area contributed by atoms with Gasteiger partial charge in [0, 0.05) is 48.3 Å². The van der Waals surface area contributed by atoms with Crippen LogP contribution in [0.3, 0.4) is 0 Å². The summed E-state index contributed by atoms with van der Waals surface area (Å²) < 4.78 is 0. The minimum atomic E-state index is 0.0556. The highest BCUT2D eigenvalue weighted by atomic mass is 32.1. The highest BCUT2D eigenvalue weighted by Crippen LogP contribution is 2.41. The first-order valence-corrected chi connectivity index (χ1v) is 10.5. The molecule has 5 nitrogen and oxygen atoms in total. The number of aromatic nitrogens is 3. The second-order valence-electron chi connectivity index (χ2n) is 7.57. The Labute approximate surface area is 162 Å². The zero-order chi connectivity index (χ0) is 18.4. The Kier molecular flexibility index (Phi) is 4.16. The molecule has 2 aliphatic rings. The average molecular weight is 379 g/mol. The standard InChI is InChI=1S/C21H22N4OS/c1-13-12-25(10-8-16(13)26)20-18-15-6-2-3-7-17(15)27-21(18)24-19(23-20)14-5-4-9-22-11-14/h4-5,9,11,13H,2-3,6-8,10,12H2,1H3. The predicted octanol–water partition coefficient (Wildman–Crippen LogP) is 4.05. The summed E-state index contributed by atoms with van der Waals surface area (Å²) in [6, 6.07) is 3.93. The minimum Gasteiger partial charge on any atom is -0.355 e. The quantitative estimate of drug-likeness (QED) is 0.673. The molecule has 1 atom stereocenters. The van der Waals surface area contributed by atoms with Crippen molar-refractivity contribution in [3.63, 3.8) is 0 Å². The number of piperidine rings is 1. The fourth-order valence-corrected chi connectivity index (χ4v) is 5.45. The summed E-state index contributed by atoms with van der Waals surface area (Å²) in [6.07, 6.45) is 8.94. The summed E-state index contributed by atoms with van der Waals surface area (Å²) in [5.41, 5.74) is 2.38. The molecular weight excluding hydrogens is 356 g/mol. The predicted molar refractivity (Wildman–Crippen MR) is 108 cm³/mol. The van der Waals surface area contributed by atoms with Crippen LogP contribution in [0.15, 0.2) is 24.5 Å². The lowest BCUT2D eigenvalue weighted by Crippen LogP contribution is -2.40. The molecule has 4 heterocycles. The van der Waals surface area contributed by atoms with Gasteiger partial charge in [-0.05, 0) is 43.4 Å². The van der Waals surface area contributed by atoms with Crippen molar-refractivity contribution in [2.45, 2.75) is 39.0 Å². The van der Waals surface area contributed by atoms with E-state index in [4.69, 9.17) is 9.97 Å². The summed E-state index contributed by atoms with van der Waals surface area (Å²) in [5, 5.41) is 1.23. The molecule has 1 unspecified atom stereocenters. The number of aryl methyl sites for hydroxylation is 2. The molecule has 27 heavy (non-hydrogen) atoms. The lowest BCUT2D eigenvalue weighted by molar-refractivity contribution is -0.122. The number of nitrogens with zero attached hydrogens (tertiary/aromatic N) is 4. The van der Waals surface area contributed by atoms with Gasteiger partial charge in [-0.15, -0.1) is 11.3 Å². The third-order valence-corrected chi connectivity index (χ3v) is 6.87. The number of ketones is 1. The zero-order valence-electron chi connectivity index (χ0n) is 15.4. The van der Waals surface area contributed by atoms with Gasteiger partial charge in [-0.25, -0.2) is 9.97 Å². The maximum Gasteiger partial charge on any atom is 0.164 e. The van der Waals surface area contributed by atoms with Crippen molar-refractivity contribution < 1.29 is 4.79 Å².